The molecule has 106 valence electrons. The predicted octanol–water partition coefficient (Wildman–Crippen LogP) is 2.65. The van der Waals surface area contributed by atoms with E-state index in [0.717, 1.165) is 11.1 Å². The van der Waals surface area contributed by atoms with Crippen LogP contribution >= 0.6 is 11.8 Å². The second-order valence-electron chi connectivity index (χ2n) is 5.28. The molecule has 1 unspecified atom stereocenters. The second-order valence-corrected chi connectivity index (χ2v) is 6.93. The summed E-state index contributed by atoms with van der Waals surface area (Å²) in [4.78, 5) is 14.8. The summed E-state index contributed by atoms with van der Waals surface area (Å²) >= 11 is 1.98. The maximum Gasteiger partial charge on any atom is 0.229 e. The van der Waals surface area contributed by atoms with Crippen molar-refractivity contribution in [3.63, 3.8) is 0 Å². The molecule has 0 aromatic carbocycles. The number of hydrogen-bond donors (Lipinski definition) is 1. The average molecular weight is 281 g/mol. The molecule has 19 heavy (non-hydrogen) atoms. The Morgan fingerprint density at radius 1 is 1.16 bits per heavy atom. The van der Waals surface area contributed by atoms with Crippen molar-refractivity contribution in [1.29, 1.82) is 0 Å². The van der Waals surface area contributed by atoms with E-state index in [0.29, 0.717) is 11.9 Å². The number of anilines is 2. The van der Waals surface area contributed by atoms with E-state index in [-0.39, 0.29) is 5.25 Å². The molecule has 1 heterocycles. The van der Waals surface area contributed by atoms with E-state index < -0.39 is 0 Å². The average Bonchev–Trinajstić information content (AvgIpc) is 2.39. The fourth-order valence-electron chi connectivity index (χ4n) is 2.33. The lowest BCUT2D eigenvalue weighted by atomic mass is 10.0. The topological polar surface area (TPSA) is 67.9 Å². The maximum absolute atomic E-state index is 5.77. The fourth-order valence-corrected chi connectivity index (χ4v) is 3.74. The summed E-state index contributed by atoms with van der Waals surface area (Å²) in [6.07, 6.45) is 6.72. The lowest BCUT2D eigenvalue weighted by Crippen LogP contribution is -2.17. The van der Waals surface area contributed by atoms with Crippen molar-refractivity contribution >= 4 is 23.7 Å². The van der Waals surface area contributed by atoms with Gasteiger partial charge in [-0.25, -0.2) is 0 Å². The van der Waals surface area contributed by atoms with Crippen LogP contribution in [0.1, 0.15) is 50.1 Å². The molecule has 2 N–H and O–H groups in total. The van der Waals surface area contributed by atoms with E-state index >= 15 is 0 Å². The number of thioether (sulfide) groups is 1. The zero-order chi connectivity index (χ0) is 13.8. The molecule has 1 aromatic heterocycles. The van der Waals surface area contributed by atoms with Gasteiger partial charge in [-0.1, -0.05) is 19.3 Å². The Balaban J connectivity index is 2.07. The van der Waals surface area contributed by atoms with Crippen LogP contribution in [-0.2, 0) is 0 Å². The van der Waals surface area contributed by atoms with Gasteiger partial charge in [0.25, 0.3) is 0 Å². The summed E-state index contributed by atoms with van der Waals surface area (Å²) in [5.74, 6) is 1.75. The maximum atomic E-state index is 5.77. The third-order valence-corrected chi connectivity index (χ3v) is 4.85. The Morgan fingerprint density at radius 3 is 2.47 bits per heavy atom. The number of nitrogens with two attached hydrogens (primary N) is 1. The smallest absolute Gasteiger partial charge is 0.229 e. The monoisotopic (exact) mass is 281 g/mol. The van der Waals surface area contributed by atoms with Gasteiger partial charge < -0.3 is 10.6 Å². The second kappa shape index (κ2) is 6.41. The molecule has 0 amide bonds. The van der Waals surface area contributed by atoms with E-state index in [4.69, 9.17) is 5.73 Å². The number of rotatable bonds is 4. The van der Waals surface area contributed by atoms with Crippen LogP contribution in [0.25, 0.3) is 0 Å². The summed E-state index contributed by atoms with van der Waals surface area (Å²) in [5, 5.41) is 1.01. The van der Waals surface area contributed by atoms with Gasteiger partial charge in [0.1, 0.15) is 5.82 Å². The highest BCUT2D eigenvalue weighted by molar-refractivity contribution is 8.00. The molecule has 0 radical (unpaired) electrons. The van der Waals surface area contributed by atoms with Crippen molar-refractivity contribution in [3.05, 3.63) is 5.82 Å². The largest absolute Gasteiger partial charge is 0.368 e. The van der Waals surface area contributed by atoms with E-state index in [2.05, 4.69) is 21.9 Å². The van der Waals surface area contributed by atoms with Gasteiger partial charge in [-0.05, 0) is 19.8 Å². The van der Waals surface area contributed by atoms with Crippen LogP contribution in [0.15, 0.2) is 0 Å². The number of nitrogens with zero attached hydrogens (tertiary/aromatic N) is 4. The molecule has 1 atom stereocenters. The van der Waals surface area contributed by atoms with E-state index in [1.165, 1.54) is 32.1 Å². The molecular formula is C13H23N5S. The summed E-state index contributed by atoms with van der Waals surface area (Å²) in [6.45, 7) is 2.16. The highest BCUT2D eigenvalue weighted by Gasteiger charge is 2.20. The quantitative estimate of drug-likeness (QED) is 0.915. The molecule has 1 aliphatic rings. The molecule has 5 nitrogen and oxygen atoms in total. The first-order valence-corrected chi connectivity index (χ1v) is 7.85. The van der Waals surface area contributed by atoms with E-state index in [9.17, 15) is 0 Å². The van der Waals surface area contributed by atoms with Crippen LogP contribution in [0, 0.1) is 0 Å². The van der Waals surface area contributed by atoms with Gasteiger partial charge in [0.05, 0.1) is 5.25 Å². The van der Waals surface area contributed by atoms with Crippen molar-refractivity contribution in [1.82, 2.24) is 15.0 Å². The third kappa shape index (κ3) is 3.96. The van der Waals surface area contributed by atoms with Crippen LogP contribution < -0.4 is 10.6 Å². The van der Waals surface area contributed by atoms with Gasteiger partial charge in [-0.3, -0.25) is 0 Å². The highest BCUT2D eigenvalue weighted by atomic mass is 32.2. The van der Waals surface area contributed by atoms with Gasteiger partial charge >= 0.3 is 0 Å². The first kappa shape index (κ1) is 14.4. The number of hydrogen-bond acceptors (Lipinski definition) is 6. The Hall–Kier alpha value is -1.04. The normalized spacial score (nSPS) is 18.3. The van der Waals surface area contributed by atoms with E-state index in [1.54, 1.807) is 0 Å². The summed E-state index contributed by atoms with van der Waals surface area (Å²) in [7, 11) is 3.83. The Kier molecular flexibility index (Phi) is 4.85. The lowest BCUT2D eigenvalue weighted by molar-refractivity contribution is 0.515. The van der Waals surface area contributed by atoms with Crippen molar-refractivity contribution in [2.24, 2.45) is 0 Å². The summed E-state index contributed by atoms with van der Waals surface area (Å²) in [6, 6.07) is 0. The summed E-state index contributed by atoms with van der Waals surface area (Å²) in [5.41, 5.74) is 5.77. The van der Waals surface area contributed by atoms with Crippen LogP contribution in [-0.4, -0.2) is 34.3 Å². The van der Waals surface area contributed by atoms with Crippen LogP contribution in [0.3, 0.4) is 0 Å². The van der Waals surface area contributed by atoms with Gasteiger partial charge in [0.2, 0.25) is 11.9 Å². The molecule has 1 saturated carbocycles. The van der Waals surface area contributed by atoms with Crippen molar-refractivity contribution in [3.8, 4) is 0 Å². The van der Waals surface area contributed by atoms with Crippen molar-refractivity contribution in [2.75, 3.05) is 24.7 Å². The first-order valence-electron chi connectivity index (χ1n) is 6.90. The van der Waals surface area contributed by atoms with Gasteiger partial charge in [-0.2, -0.15) is 15.0 Å². The predicted molar refractivity (Wildman–Crippen MR) is 81.4 cm³/mol. The number of nitrogen functional groups attached to an aromatic ring is 1. The minimum atomic E-state index is 0.270. The Morgan fingerprint density at radius 2 is 1.84 bits per heavy atom. The van der Waals surface area contributed by atoms with Gasteiger partial charge in [0.15, 0.2) is 0 Å². The molecule has 6 heteroatoms. The molecule has 0 spiro atoms. The molecular weight excluding hydrogens is 258 g/mol. The molecule has 1 aromatic rings. The zero-order valence-corrected chi connectivity index (χ0v) is 12.8. The number of aromatic nitrogens is 3. The molecule has 0 saturated heterocycles. The molecule has 1 aliphatic carbocycles. The zero-order valence-electron chi connectivity index (χ0n) is 12.0. The highest BCUT2D eigenvalue weighted by Crippen LogP contribution is 2.37. The van der Waals surface area contributed by atoms with Crippen LogP contribution in [0.4, 0.5) is 11.9 Å². The molecule has 1 fully saturated rings. The van der Waals surface area contributed by atoms with Gasteiger partial charge in [-0.15, -0.1) is 11.8 Å². The standard InChI is InChI=1S/C13H23N5S/c1-9(19-10-7-5-4-6-8-10)11-15-12(14)17-13(16-11)18(2)3/h9-10H,4-8H2,1-3H3,(H2,14,15,16,17). The minimum absolute atomic E-state index is 0.270. The van der Waals surface area contributed by atoms with Crippen LogP contribution in [0.2, 0.25) is 0 Å². The third-order valence-electron chi connectivity index (χ3n) is 3.37. The van der Waals surface area contributed by atoms with Gasteiger partial charge in [0, 0.05) is 19.3 Å². The Labute approximate surface area is 119 Å². The van der Waals surface area contributed by atoms with E-state index in [1.807, 2.05) is 30.8 Å². The van der Waals surface area contributed by atoms with Crippen molar-refractivity contribution in [2.45, 2.75) is 49.5 Å². The SMILES string of the molecule is CC(SC1CCCCC1)c1nc(N)nc(N(C)C)n1. The minimum Gasteiger partial charge on any atom is -0.368 e. The Bertz CT molecular complexity index is 417. The van der Waals surface area contributed by atoms with Crippen LogP contribution in [0.5, 0.6) is 0 Å². The molecule has 2 rings (SSSR count). The lowest BCUT2D eigenvalue weighted by Gasteiger charge is -2.24. The van der Waals surface area contributed by atoms with Crippen molar-refractivity contribution < 1.29 is 0 Å². The first-order chi connectivity index (χ1) is 9.06. The molecule has 0 aliphatic heterocycles. The fraction of sp³-hybridized carbons (Fsp3) is 0.769. The molecule has 0 bridgehead atoms. The summed E-state index contributed by atoms with van der Waals surface area (Å²) < 4.78 is 0.